The van der Waals surface area contributed by atoms with E-state index in [4.69, 9.17) is 0 Å². The molecule has 0 amide bonds. The van der Waals surface area contributed by atoms with Crippen LogP contribution in [0.5, 0.6) is 0 Å². The molecule has 2 aromatic rings. The Labute approximate surface area is 106 Å². The fourth-order valence-corrected chi connectivity index (χ4v) is 2.07. The predicted molar refractivity (Wildman–Crippen MR) is 64.9 cm³/mol. The largest absolute Gasteiger partial charge is 0.265 e. The van der Waals surface area contributed by atoms with E-state index in [2.05, 4.69) is 21.0 Å². The van der Waals surface area contributed by atoms with Gasteiger partial charge in [-0.1, -0.05) is 0 Å². The molecule has 0 aliphatic heterocycles. The highest BCUT2D eigenvalue weighted by Crippen LogP contribution is 2.22. The van der Waals surface area contributed by atoms with Crippen molar-refractivity contribution >= 4 is 15.9 Å². The third-order valence-electron chi connectivity index (χ3n) is 2.55. The number of aromatic nitrogens is 2. The molecule has 1 aromatic heterocycles. The molecule has 2 nitrogen and oxygen atoms in total. The van der Waals surface area contributed by atoms with Gasteiger partial charge in [-0.2, -0.15) is 5.10 Å². The first-order chi connectivity index (χ1) is 7.99. The summed E-state index contributed by atoms with van der Waals surface area (Å²) in [5.74, 6) is -1.13. The summed E-state index contributed by atoms with van der Waals surface area (Å²) in [6.45, 7) is 3.79. The number of hydrogen-bond donors (Lipinski definition) is 0. The van der Waals surface area contributed by atoms with Crippen molar-refractivity contribution in [3.8, 4) is 0 Å². The van der Waals surface area contributed by atoms with Crippen molar-refractivity contribution in [3.05, 3.63) is 51.3 Å². The molecule has 0 aliphatic carbocycles. The van der Waals surface area contributed by atoms with E-state index in [1.165, 1.54) is 12.1 Å². The van der Waals surface area contributed by atoms with Gasteiger partial charge in [0.15, 0.2) is 0 Å². The number of hydrogen-bond acceptors (Lipinski definition) is 1. The van der Waals surface area contributed by atoms with Crippen LogP contribution in [-0.2, 0) is 6.54 Å². The number of nitrogens with zero attached hydrogens (tertiary/aromatic N) is 2. The SMILES string of the molecule is Cc1cc(C)n(Cc2c(F)ccc(Br)c2F)n1. The molecule has 0 saturated heterocycles. The fraction of sp³-hybridized carbons (Fsp3) is 0.250. The molecule has 5 heteroatoms. The maximum atomic E-state index is 13.8. The van der Waals surface area contributed by atoms with Crippen molar-refractivity contribution in [1.29, 1.82) is 0 Å². The van der Waals surface area contributed by atoms with E-state index in [1.807, 2.05) is 19.9 Å². The summed E-state index contributed by atoms with van der Waals surface area (Å²) < 4.78 is 29.2. The molecule has 0 N–H and O–H groups in total. The minimum atomic E-state index is -0.572. The highest BCUT2D eigenvalue weighted by atomic mass is 79.9. The molecule has 0 aliphatic rings. The highest BCUT2D eigenvalue weighted by molar-refractivity contribution is 9.10. The summed E-state index contributed by atoms with van der Waals surface area (Å²) >= 11 is 3.05. The lowest BCUT2D eigenvalue weighted by Crippen LogP contribution is -2.08. The monoisotopic (exact) mass is 300 g/mol. The second-order valence-corrected chi connectivity index (χ2v) is 4.76. The summed E-state index contributed by atoms with van der Waals surface area (Å²) in [6.07, 6.45) is 0. The standard InChI is InChI=1S/C12H11BrF2N2/c1-7-5-8(2)17(16-7)6-9-11(14)4-3-10(13)12(9)15/h3-5H,6H2,1-2H3. The summed E-state index contributed by atoms with van der Waals surface area (Å²) in [7, 11) is 0. The molecule has 1 heterocycles. The predicted octanol–water partition coefficient (Wildman–Crippen LogP) is 3.59. The van der Waals surface area contributed by atoms with Crippen LogP contribution in [0.2, 0.25) is 0 Å². The van der Waals surface area contributed by atoms with Crippen LogP contribution in [0.3, 0.4) is 0 Å². The molecule has 0 saturated carbocycles. The topological polar surface area (TPSA) is 17.8 Å². The van der Waals surface area contributed by atoms with E-state index in [0.29, 0.717) is 0 Å². The van der Waals surface area contributed by atoms with Gasteiger partial charge in [-0.3, -0.25) is 4.68 Å². The number of rotatable bonds is 2. The summed E-state index contributed by atoms with van der Waals surface area (Å²) in [5.41, 5.74) is 1.73. The van der Waals surface area contributed by atoms with E-state index >= 15 is 0 Å². The van der Waals surface area contributed by atoms with Crippen LogP contribution in [0.1, 0.15) is 17.0 Å². The van der Waals surface area contributed by atoms with Crippen LogP contribution in [0.4, 0.5) is 8.78 Å². The zero-order valence-corrected chi connectivity index (χ0v) is 11.1. The van der Waals surface area contributed by atoms with E-state index in [1.54, 1.807) is 4.68 Å². The first-order valence-corrected chi connectivity index (χ1v) is 5.91. The minimum absolute atomic E-state index is 0.0191. The van der Waals surface area contributed by atoms with E-state index < -0.39 is 11.6 Å². The number of halogens is 3. The Balaban J connectivity index is 2.43. The van der Waals surface area contributed by atoms with Crippen LogP contribution in [-0.4, -0.2) is 9.78 Å². The van der Waals surface area contributed by atoms with Gasteiger partial charge in [0.25, 0.3) is 0 Å². The van der Waals surface area contributed by atoms with Crippen LogP contribution in [0.15, 0.2) is 22.7 Å². The molecule has 0 fully saturated rings. The molecule has 17 heavy (non-hydrogen) atoms. The van der Waals surface area contributed by atoms with Gasteiger partial charge in [0.1, 0.15) is 11.6 Å². The first-order valence-electron chi connectivity index (χ1n) is 5.12. The summed E-state index contributed by atoms with van der Waals surface area (Å²) in [6, 6.07) is 4.47. The Bertz CT molecular complexity index is 564. The molecular formula is C12H11BrF2N2. The molecule has 0 atom stereocenters. The molecule has 90 valence electrons. The number of aryl methyl sites for hydroxylation is 2. The Morgan fingerprint density at radius 1 is 1.29 bits per heavy atom. The second-order valence-electron chi connectivity index (χ2n) is 3.91. The Kier molecular flexibility index (Phi) is 3.28. The van der Waals surface area contributed by atoms with Crippen molar-refractivity contribution in [2.75, 3.05) is 0 Å². The van der Waals surface area contributed by atoms with Crippen LogP contribution in [0.25, 0.3) is 0 Å². The van der Waals surface area contributed by atoms with Gasteiger partial charge >= 0.3 is 0 Å². The molecule has 1 aromatic carbocycles. The molecule has 0 unspecified atom stereocenters. The fourth-order valence-electron chi connectivity index (χ4n) is 1.70. The van der Waals surface area contributed by atoms with Crippen molar-refractivity contribution in [2.24, 2.45) is 0 Å². The highest BCUT2D eigenvalue weighted by Gasteiger charge is 2.14. The first kappa shape index (κ1) is 12.2. The Morgan fingerprint density at radius 2 is 2.00 bits per heavy atom. The van der Waals surface area contributed by atoms with Crippen molar-refractivity contribution < 1.29 is 8.78 Å². The maximum absolute atomic E-state index is 13.8. The van der Waals surface area contributed by atoms with E-state index in [9.17, 15) is 8.78 Å². The van der Waals surface area contributed by atoms with Gasteiger partial charge in [0.2, 0.25) is 0 Å². The third kappa shape index (κ3) is 2.39. The summed E-state index contributed by atoms with van der Waals surface area (Å²) in [4.78, 5) is 0. The van der Waals surface area contributed by atoms with Crippen molar-refractivity contribution in [3.63, 3.8) is 0 Å². The van der Waals surface area contributed by atoms with Gasteiger partial charge in [-0.25, -0.2) is 8.78 Å². The van der Waals surface area contributed by atoms with Gasteiger partial charge in [0, 0.05) is 11.3 Å². The van der Waals surface area contributed by atoms with Gasteiger partial charge in [0.05, 0.1) is 16.7 Å². The van der Waals surface area contributed by atoms with Gasteiger partial charge in [-0.05, 0) is 48.0 Å². The average Bonchev–Trinajstić information content (AvgIpc) is 2.58. The quantitative estimate of drug-likeness (QED) is 0.775. The van der Waals surface area contributed by atoms with Crippen molar-refractivity contribution in [2.45, 2.75) is 20.4 Å². The van der Waals surface area contributed by atoms with Crippen LogP contribution >= 0.6 is 15.9 Å². The molecule has 0 spiro atoms. The molecular weight excluding hydrogens is 290 g/mol. The zero-order chi connectivity index (χ0) is 12.6. The normalized spacial score (nSPS) is 10.9. The smallest absolute Gasteiger partial charge is 0.145 e. The molecule has 2 rings (SSSR count). The third-order valence-corrected chi connectivity index (χ3v) is 3.16. The van der Waals surface area contributed by atoms with Gasteiger partial charge < -0.3 is 0 Å². The average molecular weight is 301 g/mol. The lowest BCUT2D eigenvalue weighted by molar-refractivity contribution is 0.525. The Hall–Kier alpha value is -1.23. The van der Waals surface area contributed by atoms with Crippen LogP contribution < -0.4 is 0 Å². The van der Waals surface area contributed by atoms with Crippen LogP contribution in [0, 0.1) is 25.5 Å². The maximum Gasteiger partial charge on any atom is 0.145 e. The molecule has 0 bridgehead atoms. The van der Waals surface area contributed by atoms with Gasteiger partial charge in [-0.15, -0.1) is 0 Å². The van der Waals surface area contributed by atoms with Crippen molar-refractivity contribution in [1.82, 2.24) is 9.78 Å². The Morgan fingerprint density at radius 3 is 2.59 bits per heavy atom. The lowest BCUT2D eigenvalue weighted by Gasteiger charge is -2.08. The summed E-state index contributed by atoms with van der Waals surface area (Å²) in [5, 5.41) is 4.19. The lowest BCUT2D eigenvalue weighted by atomic mass is 10.2. The van der Waals surface area contributed by atoms with E-state index in [0.717, 1.165) is 11.4 Å². The van der Waals surface area contributed by atoms with E-state index in [-0.39, 0.29) is 16.6 Å². The zero-order valence-electron chi connectivity index (χ0n) is 9.47. The minimum Gasteiger partial charge on any atom is -0.265 e. The second kappa shape index (κ2) is 4.56. The number of benzene rings is 1. The molecule has 0 radical (unpaired) electrons.